The second-order valence-electron chi connectivity index (χ2n) is 6.97. The van der Waals surface area contributed by atoms with Crippen LogP contribution >= 0.6 is 58.5 Å². The number of nitrogens with zero attached hydrogens (tertiary/aromatic N) is 2. The zero-order chi connectivity index (χ0) is 24.6. The fraction of sp³-hybridized carbons (Fsp3) is 0.211. The number of aliphatic carboxylic acids is 1. The predicted molar refractivity (Wildman–Crippen MR) is 132 cm³/mol. The van der Waals surface area contributed by atoms with Crippen LogP contribution in [-0.2, 0) is 14.4 Å². The van der Waals surface area contributed by atoms with E-state index in [1.807, 2.05) is 0 Å². The summed E-state index contributed by atoms with van der Waals surface area (Å²) in [5.74, 6) is -2.09. The molecule has 0 radical (unpaired) electrons. The van der Waals surface area contributed by atoms with Crippen LogP contribution in [0.2, 0.25) is 10.0 Å². The molecule has 0 saturated carbocycles. The molecular formula is C19H15Cl2N5O5S3. The maximum atomic E-state index is 12.8. The molecule has 1 fully saturated rings. The molecule has 178 valence electrons. The van der Waals surface area contributed by atoms with Crippen molar-refractivity contribution in [3.8, 4) is 0 Å². The van der Waals surface area contributed by atoms with E-state index >= 15 is 0 Å². The number of carbonyl (C=O) groups excluding carboxylic acids is 2. The molecule has 4 rings (SSSR count). The summed E-state index contributed by atoms with van der Waals surface area (Å²) in [5.41, 5.74) is 4.86. The smallest absolute Gasteiger partial charge is 0.353 e. The molecule has 0 spiro atoms. The highest BCUT2D eigenvalue weighted by molar-refractivity contribution is 8.06. The lowest BCUT2D eigenvalue weighted by atomic mass is 10.1. The molecule has 2 aliphatic heterocycles. The van der Waals surface area contributed by atoms with Gasteiger partial charge in [-0.2, -0.15) is 0 Å². The number of hydrogen-bond acceptors (Lipinski definition) is 9. The molecule has 15 heteroatoms. The Hall–Kier alpha value is -2.32. The standard InChI is InChI=1S/C19H15Cl2N5O5S3/c20-7-1-2-8(21)9(3-7)32-6-12(28)23-14-16(29)26-15(18(30)31)10(5-33-17(14)26)34-13-4-11(27)24-19(22)25-13/h1-4,14,17H,5-6H2,(H,23,28)(H,30,31)(H3,22,24,25,27)/t14?,17-/m1/s1. The van der Waals surface area contributed by atoms with Gasteiger partial charge in [0.15, 0.2) is 0 Å². The minimum Gasteiger partial charge on any atom is -0.477 e. The average Bonchev–Trinajstić information content (AvgIpc) is 2.76. The van der Waals surface area contributed by atoms with Gasteiger partial charge in [0.2, 0.25) is 11.9 Å². The van der Waals surface area contributed by atoms with E-state index in [4.69, 9.17) is 28.9 Å². The van der Waals surface area contributed by atoms with Crippen molar-refractivity contribution in [1.29, 1.82) is 0 Å². The second kappa shape index (κ2) is 10.1. The van der Waals surface area contributed by atoms with Crippen LogP contribution in [0.1, 0.15) is 0 Å². The molecule has 1 unspecified atom stereocenters. The van der Waals surface area contributed by atoms with E-state index in [2.05, 4.69) is 15.3 Å². The van der Waals surface area contributed by atoms with Gasteiger partial charge in [0.05, 0.1) is 10.8 Å². The maximum Gasteiger partial charge on any atom is 0.353 e. The van der Waals surface area contributed by atoms with Gasteiger partial charge in [-0.3, -0.25) is 24.3 Å². The van der Waals surface area contributed by atoms with Crippen molar-refractivity contribution in [3.63, 3.8) is 0 Å². The van der Waals surface area contributed by atoms with Crippen molar-refractivity contribution >= 4 is 82.2 Å². The molecule has 1 saturated heterocycles. The first-order chi connectivity index (χ1) is 16.1. The van der Waals surface area contributed by atoms with Gasteiger partial charge in [-0.1, -0.05) is 35.0 Å². The number of nitrogens with two attached hydrogens (primary N) is 1. The molecule has 1 aromatic carbocycles. The number of rotatable bonds is 7. The number of hydrogen-bond donors (Lipinski definition) is 4. The molecule has 3 heterocycles. The number of H-pyrrole nitrogens is 1. The van der Waals surface area contributed by atoms with Crippen LogP contribution in [0.25, 0.3) is 0 Å². The first kappa shape index (κ1) is 24.8. The number of amides is 2. The Morgan fingerprint density at radius 2 is 2.09 bits per heavy atom. The number of benzene rings is 1. The van der Waals surface area contributed by atoms with Crippen LogP contribution in [0.5, 0.6) is 0 Å². The van der Waals surface area contributed by atoms with E-state index in [0.717, 1.165) is 16.7 Å². The molecule has 2 aromatic rings. The molecule has 1 aromatic heterocycles. The van der Waals surface area contributed by atoms with Crippen molar-refractivity contribution < 1.29 is 19.5 Å². The first-order valence-electron chi connectivity index (χ1n) is 9.47. The third-order valence-corrected chi connectivity index (χ3v) is 8.87. The number of carbonyl (C=O) groups is 3. The summed E-state index contributed by atoms with van der Waals surface area (Å²) in [6, 6.07) is 5.23. The van der Waals surface area contributed by atoms with Crippen LogP contribution in [0.15, 0.2) is 49.6 Å². The molecule has 5 N–H and O–H groups in total. The molecular weight excluding hydrogens is 545 g/mol. The number of fused-ring (bicyclic) bond motifs is 1. The highest BCUT2D eigenvalue weighted by atomic mass is 35.5. The van der Waals surface area contributed by atoms with Gasteiger partial charge >= 0.3 is 5.97 Å². The Balaban J connectivity index is 1.44. The SMILES string of the molecule is Nc1nc(SC2=C(C(=O)O)N3C(=O)C(NC(=O)CSc4cc(Cl)ccc4Cl)[C@H]3SC2)cc(=O)[nH]1. The Morgan fingerprint density at radius 3 is 2.79 bits per heavy atom. The van der Waals surface area contributed by atoms with E-state index in [1.54, 1.807) is 18.2 Å². The summed E-state index contributed by atoms with van der Waals surface area (Å²) in [5, 5.41) is 13.0. The summed E-state index contributed by atoms with van der Waals surface area (Å²) in [6.45, 7) is 0. The van der Waals surface area contributed by atoms with E-state index in [1.165, 1.54) is 29.6 Å². The monoisotopic (exact) mass is 559 g/mol. The van der Waals surface area contributed by atoms with Crippen LogP contribution in [0.3, 0.4) is 0 Å². The summed E-state index contributed by atoms with van der Waals surface area (Å²) in [4.78, 5) is 57.2. The Labute approximate surface area is 215 Å². The fourth-order valence-electron chi connectivity index (χ4n) is 3.25. The average molecular weight is 560 g/mol. The van der Waals surface area contributed by atoms with Gasteiger partial charge in [0, 0.05) is 26.6 Å². The topological polar surface area (TPSA) is 158 Å². The molecule has 34 heavy (non-hydrogen) atoms. The zero-order valence-corrected chi connectivity index (χ0v) is 20.9. The van der Waals surface area contributed by atoms with Gasteiger partial charge < -0.3 is 16.2 Å². The van der Waals surface area contributed by atoms with Crippen LogP contribution < -0.4 is 16.6 Å². The highest BCUT2D eigenvalue weighted by Crippen LogP contribution is 2.44. The van der Waals surface area contributed by atoms with Crippen LogP contribution in [0.4, 0.5) is 5.95 Å². The van der Waals surface area contributed by atoms with Gasteiger partial charge in [-0.15, -0.1) is 23.5 Å². The summed E-state index contributed by atoms with van der Waals surface area (Å²) in [6.07, 6.45) is 0. The normalized spacial score (nSPS) is 19.5. The number of aromatic nitrogens is 2. The number of carboxylic acids is 1. The fourth-order valence-corrected chi connectivity index (χ4v) is 7.03. The quantitative estimate of drug-likeness (QED) is 0.225. The largest absolute Gasteiger partial charge is 0.477 e. The van der Waals surface area contributed by atoms with E-state index < -0.39 is 34.8 Å². The Bertz CT molecular complexity index is 1290. The van der Waals surface area contributed by atoms with Gasteiger partial charge in [0.25, 0.3) is 11.5 Å². The Morgan fingerprint density at radius 1 is 1.32 bits per heavy atom. The number of β-lactam (4-membered cyclic amide) rings is 1. The van der Waals surface area contributed by atoms with E-state index in [0.29, 0.717) is 19.8 Å². The van der Waals surface area contributed by atoms with Gasteiger partial charge in [-0.05, 0) is 18.2 Å². The third kappa shape index (κ3) is 5.18. The first-order valence-corrected chi connectivity index (χ1v) is 13.1. The van der Waals surface area contributed by atoms with Crippen molar-refractivity contribution in [1.82, 2.24) is 20.2 Å². The number of nitrogens with one attached hydrogen (secondary N) is 2. The molecule has 2 aliphatic rings. The lowest BCUT2D eigenvalue weighted by molar-refractivity contribution is -0.150. The molecule has 2 amide bonds. The van der Waals surface area contributed by atoms with Crippen molar-refractivity contribution in [2.75, 3.05) is 17.2 Å². The summed E-state index contributed by atoms with van der Waals surface area (Å²) < 4.78 is 0. The van der Waals surface area contributed by atoms with Crippen molar-refractivity contribution in [2.24, 2.45) is 0 Å². The zero-order valence-electron chi connectivity index (χ0n) is 16.9. The number of anilines is 1. The van der Waals surface area contributed by atoms with E-state index in [-0.39, 0.29) is 28.2 Å². The molecule has 0 aliphatic carbocycles. The number of carboxylic acid groups (broad SMARTS) is 1. The lowest BCUT2D eigenvalue weighted by Crippen LogP contribution is -2.70. The minimum atomic E-state index is -1.30. The van der Waals surface area contributed by atoms with Crippen LogP contribution in [0, 0.1) is 0 Å². The van der Waals surface area contributed by atoms with Gasteiger partial charge in [0.1, 0.15) is 22.1 Å². The number of aromatic amines is 1. The number of nitrogen functional groups attached to an aromatic ring is 1. The van der Waals surface area contributed by atoms with Gasteiger partial charge in [-0.25, -0.2) is 9.78 Å². The van der Waals surface area contributed by atoms with Crippen molar-refractivity contribution in [3.05, 3.63) is 55.3 Å². The minimum absolute atomic E-state index is 0.000394. The lowest BCUT2D eigenvalue weighted by Gasteiger charge is -2.49. The third-order valence-electron chi connectivity index (χ3n) is 4.67. The predicted octanol–water partition coefficient (Wildman–Crippen LogP) is 2.24. The van der Waals surface area contributed by atoms with E-state index in [9.17, 15) is 24.3 Å². The van der Waals surface area contributed by atoms with Crippen molar-refractivity contribution in [2.45, 2.75) is 21.3 Å². The maximum absolute atomic E-state index is 12.8. The second-order valence-corrected chi connectivity index (χ2v) is 11.0. The number of halogens is 2. The summed E-state index contributed by atoms with van der Waals surface area (Å²) in [7, 11) is 0. The Kier molecular flexibility index (Phi) is 7.38. The van der Waals surface area contributed by atoms with Crippen LogP contribution in [-0.4, -0.2) is 60.7 Å². The number of thioether (sulfide) groups is 3. The molecule has 2 atom stereocenters. The summed E-state index contributed by atoms with van der Waals surface area (Å²) >= 11 is 15.5. The molecule has 0 bridgehead atoms. The highest BCUT2D eigenvalue weighted by Gasteiger charge is 2.54. The molecule has 10 nitrogen and oxygen atoms in total.